The fourth-order valence-corrected chi connectivity index (χ4v) is 0.872. The summed E-state index contributed by atoms with van der Waals surface area (Å²) in [4.78, 5) is 13.0. The molecule has 0 N–H and O–H groups in total. The zero-order valence-electron chi connectivity index (χ0n) is 6.85. The van der Waals surface area contributed by atoms with Crippen molar-refractivity contribution in [2.45, 2.75) is 0 Å². The van der Waals surface area contributed by atoms with Gasteiger partial charge in [-0.25, -0.2) is 4.85 Å². The highest BCUT2D eigenvalue weighted by atomic mass is 16.6. The fraction of sp³-hybridized carbons (Fsp3) is 0.125. The summed E-state index contributed by atoms with van der Waals surface area (Å²) in [5.41, 5.74) is 0.192. The van der Waals surface area contributed by atoms with Gasteiger partial charge in [0.05, 0.1) is 18.6 Å². The average Bonchev–Trinajstić information content (AvgIpc) is 2.16. The third kappa shape index (κ3) is 1.73. The lowest BCUT2D eigenvalue weighted by atomic mass is 10.2. The molecule has 0 amide bonds. The minimum Gasteiger partial charge on any atom is -0.508 e. The van der Waals surface area contributed by atoms with Gasteiger partial charge in [-0.05, 0) is 6.07 Å². The van der Waals surface area contributed by atoms with Gasteiger partial charge in [0.1, 0.15) is 5.75 Å². The van der Waals surface area contributed by atoms with Crippen LogP contribution in [0, 0.1) is 16.7 Å². The highest BCUT2D eigenvalue weighted by Crippen LogP contribution is 2.30. The molecular weight excluding hydrogens is 172 g/mol. The molecule has 0 atom stereocenters. The molecule has 0 saturated heterocycles. The van der Waals surface area contributed by atoms with Crippen LogP contribution in [0.4, 0.5) is 11.4 Å². The van der Waals surface area contributed by atoms with Crippen molar-refractivity contribution in [3.63, 3.8) is 0 Å². The van der Waals surface area contributed by atoms with Crippen LogP contribution in [0.3, 0.4) is 0 Å². The Morgan fingerprint density at radius 1 is 1.62 bits per heavy atom. The molecule has 13 heavy (non-hydrogen) atoms. The minimum atomic E-state index is -0.532. The summed E-state index contributed by atoms with van der Waals surface area (Å²) in [6.45, 7) is 6.74. The van der Waals surface area contributed by atoms with E-state index in [1.54, 1.807) is 0 Å². The van der Waals surface area contributed by atoms with Gasteiger partial charge >= 0.3 is 0 Å². The molecule has 0 unspecified atom stereocenters. The Morgan fingerprint density at radius 2 is 2.31 bits per heavy atom. The van der Waals surface area contributed by atoms with Gasteiger partial charge in [0.2, 0.25) is 5.69 Å². The highest BCUT2D eigenvalue weighted by Gasteiger charge is 2.10. The van der Waals surface area contributed by atoms with E-state index in [4.69, 9.17) is 11.3 Å². The predicted molar refractivity (Wildman–Crippen MR) is 45.9 cm³/mol. The summed E-state index contributed by atoms with van der Waals surface area (Å²) >= 11 is 0. The van der Waals surface area contributed by atoms with Crippen LogP contribution in [0.15, 0.2) is 18.2 Å². The summed E-state index contributed by atoms with van der Waals surface area (Å²) < 4.78 is 4.81. The minimum absolute atomic E-state index is 0.0794. The lowest BCUT2D eigenvalue weighted by molar-refractivity contribution is -0.384. The lowest BCUT2D eigenvalue weighted by Gasteiger charge is -2.00. The van der Waals surface area contributed by atoms with Gasteiger partial charge in [-0.15, -0.1) is 0 Å². The first-order chi connectivity index (χ1) is 6.19. The molecule has 1 aromatic rings. The Morgan fingerprint density at radius 3 is 2.77 bits per heavy atom. The van der Waals surface area contributed by atoms with Crippen LogP contribution in [0.2, 0.25) is 0 Å². The standard InChI is InChI=1S/C8H6N2O3/c1-9-7-4-3-6(10(11)12)5-8(7)13-2/h3-5H,2H3. The number of ether oxygens (including phenoxy) is 1. The van der Waals surface area contributed by atoms with Crippen molar-refractivity contribution < 1.29 is 9.66 Å². The van der Waals surface area contributed by atoms with Crippen LogP contribution in [-0.4, -0.2) is 12.0 Å². The van der Waals surface area contributed by atoms with E-state index in [0.717, 1.165) is 0 Å². The van der Waals surface area contributed by atoms with Gasteiger partial charge in [-0.1, -0.05) is 0 Å². The molecule has 0 radical (unpaired) electrons. The van der Waals surface area contributed by atoms with Crippen molar-refractivity contribution in [3.05, 3.63) is 39.7 Å². The van der Waals surface area contributed by atoms with E-state index in [-0.39, 0.29) is 17.1 Å². The molecule has 0 heterocycles. The molecule has 0 aliphatic heterocycles. The van der Waals surface area contributed by atoms with E-state index in [0.29, 0.717) is 0 Å². The predicted octanol–water partition coefficient (Wildman–Crippen LogP) is 2.15. The average molecular weight is 178 g/mol. The zero-order valence-corrected chi connectivity index (χ0v) is 6.85. The van der Waals surface area contributed by atoms with Gasteiger partial charge in [0.15, 0.2) is 0 Å². The summed E-state index contributed by atoms with van der Waals surface area (Å²) in [5.74, 6) is 0.226. The Balaban J connectivity index is 3.23. The lowest BCUT2D eigenvalue weighted by Crippen LogP contribution is -1.89. The molecule has 5 heteroatoms. The third-order valence-electron chi connectivity index (χ3n) is 1.49. The van der Waals surface area contributed by atoms with Crippen LogP contribution in [0.5, 0.6) is 5.75 Å². The second-order valence-electron chi connectivity index (χ2n) is 2.23. The number of nitro benzene ring substituents is 1. The van der Waals surface area contributed by atoms with Crippen LogP contribution in [0.1, 0.15) is 0 Å². The van der Waals surface area contributed by atoms with Crippen molar-refractivity contribution in [2.75, 3.05) is 7.11 Å². The van der Waals surface area contributed by atoms with Crippen LogP contribution in [0.25, 0.3) is 4.85 Å². The van der Waals surface area contributed by atoms with Gasteiger partial charge in [0, 0.05) is 12.1 Å². The number of nitrogens with zero attached hydrogens (tertiary/aromatic N) is 2. The van der Waals surface area contributed by atoms with Gasteiger partial charge in [-0.3, -0.25) is 10.1 Å². The molecule has 66 valence electrons. The first-order valence-electron chi connectivity index (χ1n) is 3.39. The van der Waals surface area contributed by atoms with Crippen LogP contribution >= 0.6 is 0 Å². The van der Waals surface area contributed by atoms with Gasteiger partial charge in [-0.2, -0.15) is 0 Å². The van der Waals surface area contributed by atoms with Crippen molar-refractivity contribution in [1.29, 1.82) is 0 Å². The molecule has 0 aromatic heterocycles. The third-order valence-corrected chi connectivity index (χ3v) is 1.49. The molecule has 0 bridgehead atoms. The highest BCUT2D eigenvalue weighted by molar-refractivity contribution is 5.61. The molecule has 1 aromatic carbocycles. The molecular formula is C8H6N2O3. The topological polar surface area (TPSA) is 56.7 Å². The van der Waals surface area contributed by atoms with E-state index in [2.05, 4.69) is 4.85 Å². The fourth-order valence-electron chi connectivity index (χ4n) is 0.872. The largest absolute Gasteiger partial charge is 0.508 e. The summed E-state index contributed by atoms with van der Waals surface area (Å²) in [5, 5.41) is 10.3. The Hall–Kier alpha value is -2.09. The van der Waals surface area contributed by atoms with Crippen molar-refractivity contribution >= 4 is 11.4 Å². The molecule has 5 nitrogen and oxygen atoms in total. The molecule has 0 spiro atoms. The Kier molecular flexibility index (Phi) is 2.45. The van der Waals surface area contributed by atoms with Crippen molar-refractivity contribution in [1.82, 2.24) is 0 Å². The second-order valence-corrected chi connectivity index (χ2v) is 2.23. The quantitative estimate of drug-likeness (QED) is 0.396. The molecule has 1 rings (SSSR count). The Bertz CT molecular complexity index is 381. The number of nitro groups is 1. The normalized spacial score (nSPS) is 8.92. The molecule has 0 aliphatic rings. The first-order valence-corrected chi connectivity index (χ1v) is 3.39. The number of methoxy groups -OCH3 is 1. The smallest absolute Gasteiger partial charge is 0.270 e. The molecule has 0 aliphatic carbocycles. The van der Waals surface area contributed by atoms with Crippen LogP contribution < -0.4 is 4.74 Å². The van der Waals surface area contributed by atoms with Crippen LogP contribution in [-0.2, 0) is 0 Å². The van der Waals surface area contributed by atoms with E-state index in [9.17, 15) is 10.1 Å². The number of rotatable bonds is 2. The van der Waals surface area contributed by atoms with E-state index in [1.165, 1.54) is 25.3 Å². The number of benzene rings is 1. The maximum absolute atomic E-state index is 10.3. The summed E-state index contributed by atoms with van der Waals surface area (Å²) in [6.07, 6.45) is 0. The first kappa shape index (κ1) is 9.00. The maximum atomic E-state index is 10.3. The van der Waals surface area contributed by atoms with Crippen molar-refractivity contribution in [2.24, 2.45) is 0 Å². The molecule has 0 saturated carbocycles. The second kappa shape index (κ2) is 3.54. The number of non-ortho nitro benzene ring substituents is 1. The van der Waals surface area contributed by atoms with E-state index in [1.807, 2.05) is 0 Å². The molecule has 0 fully saturated rings. The van der Waals surface area contributed by atoms with E-state index >= 15 is 0 Å². The SMILES string of the molecule is [C-]#[N+]c1ccc([N+](=O)[O-])cc1OC. The summed E-state index contributed by atoms with van der Waals surface area (Å²) in [7, 11) is 1.37. The maximum Gasteiger partial charge on any atom is 0.270 e. The number of hydrogen-bond acceptors (Lipinski definition) is 3. The monoisotopic (exact) mass is 178 g/mol. The Labute approximate surface area is 74.5 Å². The number of hydrogen-bond donors (Lipinski definition) is 0. The van der Waals surface area contributed by atoms with E-state index < -0.39 is 4.92 Å². The zero-order chi connectivity index (χ0) is 9.84. The van der Waals surface area contributed by atoms with Crippen molar-refractivity contribution in [3.8, 4) is 5.75 Å². The van der Waals surface area contributed by atoms with Gasteiger partial charge in [0.25, 0.3) is 5.69 Å². The summed E-state index contributed by atoms with van der Waals surface area (Å²) in [6, 6.07) is 3.87. The van der Waals surface area contributed by atoms with Gasteiger partial charge < -0.3 is 4.74 Å².